The van der Waals surface area contributed by atoms with E-state index in [-0.39, 0.29) is 63.0 Å². The molecule has 2 N–H and O–H groups in total. The van der Waals surface area contributed by atoms with Crippen molar-refractivity contribution >= 4 is 29.3 Å². The molecule has 0 heterocycles. The summed E-state index contributed by atoms with van der Waals surface area (Å²) >= 11 is 0. The first-order valence-electron chi connectivity index (χ1n) is 11.1. The number of aliphatic carboxylic acids is 2. The van der Waals surface area contributed by atoms with Crippen LogP contribution in [0, 0.1) is 5.92 Å². The van der Waals surface area contributed by atoms with Gasteiger partial charge in [-0.15, -0.1) is 0 Å². The predicted molar refractivity (Wildman–Crippen MR) is 122 cm³/mol. The quantitative estimate of drug-likeness (QED) is 0.521. The van der Waals surface area contributed by atoms with Gasteiger partial charge in [0.15, 0.2) is 11.6 Å². The molecule has 0 spiro atoms. The lowest BCUT2D eigenvalue weighted by atomic mass is 9.69. The molecule has 35 heavy (non-hydrogen) atoms. The number of carbonyl (C=O) groups is 5. The van der Waals surface area contributed by atoms with E-state index < -0.39 is 36.3 Å². The summed E-state index contributed by atoms with van der Waals surface area (Å²) in [6.45, 7) is 1.45. The van der Waals surface area contributed by atoms with Crippen molar-refractivity contribution in [3.8, 4) is 11.5 Å². The van der Waals surface area contributed by atoms with Crippen LogP contribution in [0.1, 0.15) is 67.4 Å². The highest BCUT2D eigenvalue weighted by molar-refractivity contribution is 6.31. The Hall–Kier alpha value is -4.01. The van der Waals surface area contributed by atoms with Crippen LogP contribution in [0.4, 0.5) is 0 Å². The van der Waals surface area contributed by atoms with Crippen molar-refractivity contribution in [2.24, 2.45) is 5.92 Å². The molecule has 0 saturated heterocycles. The topological polar surface area (TPSA) is 144 Å². The molecule has 2 aliphatic carbocycles. The molecule has 182 valence electrons. The van der Waals surface area contributed by atoms with Crippen molar-refractivity contribution in [2.75, 3.05) is 14.2 Å². The number of benzene rings is 2. The van der Waals surface area contributed by atoms with Crippen LogP contribution < -0.4 is 9.47 Å². The van der Waals surface area contributed by atoms with E-state index in [0.29, 0.717) is 24.0 Å². The van der Waals surface area contributed by atoms with Gasteiger partial charge in [0.1, 0.15) is 17.3 Å². The zero-order valence-electron chi connectivity index (χ0n) is 19.5. The zero-order chi connectivity index (χ0) is 25.6. The SMILES string of the molecule is COc1ccc(OC)c2c1C(=O)c1c(CC(=O)O)c3c(c(CC(=O)O)c1C2=O)CC(C(C)=O)CC3. The molecular formula is C26H24O9. The van der Waals surface area contributed by atoms with Crippen LogP contribution in [0.15, 0.2) is 12.1 Å². The van der Waals surface area contributed by atoms with Crippen LogP contribution in [0.5, 0.6) is 11.5 Å². The van der Waals surface area contributed by atoms with Crippen molar-refractivity contribution in [3.63, 3.8) is 0 Å². The lowest BCUT2D eigenvalue weighted by Crippen LogP contribution is -2.32. The number of hydrogen-bond acceptors (Lipinski definition) is 7. The summed E-state index contributed by atoms with van der Waals surface area (Å²) < 4.78 is 10.7. The molecule has 0 bridgehead atoms. The zero-order valence-corrected chi connectivity index (χ0v) is 19.5. The van der Waals surface area contributed by atoms with Crippen molar-refractivity contribution < 1.29 is 43.7 Å². The summed E-state index contributed by atoms with van der Waals surface area (Å²) in [4.78, 5) is 63.7. The van der Waals surface area contributed by atoms with E-state index in [1.807, 2.05) is 0 Å². The summed E-state index contributed by atoms with van der Waals surface area (Å²) in [5, 5.41) is 19.4. The van der Waals surface area contributed by atoms with Crippen LogP contribution >= 0.6 is 0 Å². The fourth-order valence-corrected chi connectivity index (χ4v) is 5.33. The van der Waals surface area contributed by atoms with Gasteiger partial charge in [0.05, 0.1) is 38.2 Å². The van der Waals surface area contributed by atoms with E-state index >= 15 is 0 Å². The number of methoxy groups -OCH3 is 2. The number of ketones is 3. The second-order valence-electron chi connectivity index (χ2n) is 8.73. The highest BCUT2D eigenvalue weighted by Crippen LogP contribution is 2.44. The average Bonchev–Trinajstić information content (AvgIpc) is 2.81. The van der Waals surface area contributed by atoms with Gasteiger partial charge in [0.25, 0.3) is 0 Å². The molecule has 2 aromatic carbocycles. The number of carboxylic acid groups (broad SMARTS) is 2. The first-order chi connectivity index (χ1) is 16.6. The fourth-order valence-electron chi connectivity index (χ4n) is 5.33. The Labute approximate surface area is 200 Å². The van der Waals surface area contributed by atoms with Gasteiger partial charge in [-0.1, -0.05) is 0 Å². The number of hydrogen-bond donors (Lipinski definition) is 2. The van der Waals surface area contributed by atoms with Gasteiger partial charge in [-0.25, -0.2) is 0 Å². The Bertz CT molecular complexity index is 1320. The highest BCUT2D eigenvalue weighted by atomic mass is 16.5. The van der Waals surface area contributed by atoms with Crippen molar-refractivity contribution in [1.29, 1.82) is 0 Å². The van der Waals surface area contributed by atoms with Gasteiger partial charge >= 0.3 is 11.9 Å². The monoisotopic (exact) mass is 480 g/mol. The lowest BCUT2D eigenvalue weighted by molar-refractivity contribution is -0.137. The molecule has 0 aromatic heterocycles. The molecule has 0 saturated carbocycles. The van der Waals surface area contributed by atoms with Gasteiger partial charge in [-0.3, -0.25) is 24.0 Å². The Balaban J connectivity index is 2.14. The first kappa shape index (κ1) is 24.1. The third-order valence-electron chi connectivity index (χ3n) is 6.85. The molecule has 0 radical (unpaired) electrons. The average molecular weight is 480 g/mol. The maximum absolute atomic E-state index is 13.9. The van der Waals surface area contributed by atoms with Crippen LogP contribution in [-0.2, 0) is 40.1 Å². The summed E-state index contributed by atoms with van der Waals surface area (Å²) in [6, 6.07) is 2.96. The van der Waals surface area contributed by atoms with Crippen LogP contribution in [0.2, 0.25) is 0 Å². The number of rotatable bonds is 7. The third kappa shape index (κ3) is 3.86. The van der Waals surface area contributed by atoms with Gasteiger partial charge in [-0.05, 0) is 60.6 Å². The van der Waals surface area contributed by atoms with Crippen molar-refractivity contribution in [3.05, 3.63) is 56.6 Å². The minimum absolute atomic E-state index is 0.0466. The minimum atomic E-state index is -1.21. The first-order valence-corrected chi connectivity index (χ1v) is 11.1. The maximum atomic E-state index is 13.9. The number of carbonyl (C=O) groups excluding carboxylic acids is 3. The van der Waals surface area contributed by atoms with Crippen molar-refractivity contribution in [1.82, 2.24) is 0 Å². The number of ether oxygens (including phenoxy) is 2. The second kappa shape index (κ2) is 8.98. The number of carboxylic acids is 2. The number of fused-ring (bicyclic) bond motifs is 3. The Kier molecular flexibility index (Phi) is 6.19. The van der Waals surface area contributed by atoms with E-state index in [9.17, 15) is 34.2 Å². The van der Waals surface area contributed by atoms with Crippen molar-refractivity contribution in [2.45, 2.75) is 39.0 Å². The molecule has 2 aliphatic rings. The Morgan fingerprint density at radius 3 is 1.69 bits per heavy atom. The molecule has 9 heteroatoms. The third-order valence-corrected chi connectivity index (χ3v) is 6.85. The van der Waals surface area contributed by atoms with E-state index in [4.69, 9.17) is 9.47 Å². The lowest BCUT2D eigenvalue weighted by Gasteiger charge is -2.32. The van der Waals surface area contributed by atoms with E-state index in [1.54, 1.807) is 0 Å². The predicted octanol–water partition coefficient (Wildman–Crippen LogP) is 2.43. The van der Waals surface area contributed by atoms with Gasteiger partial charge in [0.2, 0.25) is 0 Å². The summed E-state index contributed by atoms with van der Waals surface area (Å²) in [6.07, 6.45) is -0.161. The number of Topliss-reactive ketones (excluding diaryl/α,β-unsaturated/α-hetero) is 1. The Morgan fingerprint density at radius 2 is 1.29 bits per heavy atom. The van der Waals surface area contributed by atoms with E-state index in [0.717, 1.165) is 0 Å². The molecule has 0 aliphatic heterocycles. The summed E-state index contributed by atoms with van der Waals surface area (Å²) in [7, 11) is 2.69. The van der Waals surface area contributed by atoms with E-state index in [1.165, 1.54) is 33.3 Å². The summed E-state index contributed by atoms with van der Waals surface area (Å²) in [5.74, 6) is -3.89. The van der Waals surface area contributed by atoms with Crippen LogP contribution in [0.3, 0.4) is 0 Å². The van der Waals surface area contributed by atoms with E-state index in [2.05, 4.69) is 0 Å². The molecule has 1 unspecified atom stereocenters. The standard InChI is InChI=1S/C26H24O9/c1-11(27)12-4-5-13-14(8-12)16(10-20(30)31)22-21(15(13)9-19(28)29)25(32)23-17(34-2)6-7-18(35-3)24(23)26(22)33/h6-7,12H,4-5,8-10H2,1-3H3,(H,28,29)(H,30,31). The fraction of sp³-hybridized carbons (Fsp3) is 0.346. The van der Waals surface area contributed by atoms with Crippen LogP contribution in [-0.4, -0.2) is 53.7 Å². The summed E-state index contributed by atoms with van der Waals surface area (Å²) in [5.41, 5.74) is 1.00. The second-order valence-corrected chi connectivity index (χ2v) is 8.73. The van der Waals surface area contributed by atoms with Gasteiger partial charge in [0, 0.05) is 17.0 Å². The molecule has 0 amide bonds. The molecular weight excluding hydrogens is 456 g/mol. The van der Waals surface area contributed by atoms with Gasteiger partial charge < -0.3 is 19.7 Å². The normalized spacial score (nSPS) is 16.1. The molecule has 2 aromatic rings. The molecule has 9 nitrogen and oxygen atoms in total. The molecule has 4 rings (SSSR count). The highest BCUT2D eigenvalue weighted by Gasteiger charge is 2.42. The maximum Gasteiger partial charge on any atom is 0.307 e. The molecule has 1 atom stereocenters. The largest absolute Gasteiger partial charge is 0.496 e. The van der Waals surface area contributed by atoms with Gasteiger partial charge in [-0.2, -0.15) is 0 Å². The molecule has 0 fully saturated rings. The van der Waals surface area contributed by atoms with Crippen LogP contribution in [0.25, 0.3) is 0 Å². The smallest absolute Gasteiger partial charge is 0.307 e. The Morgan fingerprint density at radius 1 is 0.829 bits per heavy atom. The minimum Gasteiger partial charge on any atom is -0.496 e.